The van der Waals surface area contributed by atoms with Crippen LogP contribution in [-0.2, 0) is 0 Å². The molecule has 0 saturated heterocycles. The highest BCUT2D eigenvalue weighted by molar-refractivity contribution is 6.14. The Balaban J connectivity index is 1.36. The van der Waals surface area contributed by atoms with Crippen LogP contribution in [0.15, 0.2) is 140 Å². The first-order valence-corrected chi connectivity index (χ1v) is 13.9. The van der Waals surface area contributed by atoms with Gasteiger partial charge in [0.1, 0.15) is 5.82 Å². The normalized spacial score (nSPS) is 11.9. The van der Waals surface area contributed by atoms with Gasteiger partial charge >= 0.3 is 0 Å². The van der Waals surface area contributed by atoms with E-state index in [1.807, 2.05) is 0 Å². The molecule has 0 saturated carbocycles. The largest absolute Gasteiger partial charge is 0.293 e. The third-order valence-electron chi connectivity index (χ3n) is 8.34. The third kappa shape index (κ3) is 3.33. The van der Waals surface area contributed by atoms with Crippen molar-refractivity contribution in [2.45, 2.75) is 0 Å². The number of benzene rings is 7. The summed E-state index contributed by atoms with van der Waals surface area (Å²) in [6, 6.07) is 49.6. The highest BCUT2D eigenvalue weighted by Gasteiger charge is 2.18. The Hall–Kier alpha value is -5.54. The van der Waals surface area contributed by atoms with Gasteiger partial charge in [-0.2, -0.15) is 0 Å². The number of aromatic nitrogens is 3. The van der Waals surface area contributed by atoms with Gasteiger partial charge in [-0.15, -0.1) is 0 Å². The molecular weight excluding hydrogens is 498 g/mol. The second-order valence-corrected chi connectivity index (χ2v) is 10.7. The van der Waals surface area contributed by atoms with Gasteiger partial charge in [-0.1, -0.05) is 103 Å². The van der Waals surface area contributed by atoms with Crippen LogP contribution in [0.4, 0.5) is 0 Å². The van der Waals surface area contributed by atoms with Crippen molar-refractivity contribution in [1.82, 2.24) is 14.5 Å². The van der Waals surface area contributed by atoms with Crippen molar-refractivity contribution in [3.63, 3.8) is 0 Å². The number of fused-ring (bicyclic) bond motifs is 8. The molecule has 0 unspecified atom stereocenters. The van der Waals surface area contributed by atoms with E-state index in [0.717, 1.165) is 39.1 Å². The summed E-state index contributed by atoms with van der Waals surface area (Å²) < 4.78 is 2.32. The standard InChI is InChI=1S/C38H23N3/c1-2-11-26-23-36-33(22-25(26)10-1)31-13-6-8-16-35(31)41(36)38-32-14-5-7-15-34(32)39-37(40-38)28-19-20-30-27(21-28)18-17-24-9-3-4-12-29(24)30/h1-23H. The first kappa shape index (κ1) is 22.3. The average Bonchev–Trinajstić information content (AvgIpc) is 3.35. The predicted molar refractivity (Wildman–Crippen MR) is 172 cm³/mol. The summed E-state index contributed by atoms with van der Waals surface area (Å²) in [5, 5.41) is 10.8. The van der Waals surface area contributed by atoms with Gasteiger partial charge < -0.3 is 0 Å². The molecule has 0 bridgehead atoms. The minimum atomic E-state index is 0.723. The zero-order valence-electron chi connectivity index (χ0n) is 22.1. The van der Waals surface area contributed by atoms with Crippen LogP contribution in [-0.4, -0.2) is 14.5 Å². The Kier molecular flexibility index (Phi) is 4.61. The topological polar surface area (TPSA) is 30.7 Å². The smallest absolute Gasteiger partial charge is 0.162 e. The van der Waals surface area contributed by atoms with Crippen molar-refractivity contribution < 1.29 is 0 Å². The highest BCUT2D eigenvalue weighted by atomic mass is 15.1. The summed E-state index contributed by atoms with van der Waals surface area (Å²) in [7, 11) is 0. The lowest BCUT2D eigenvalue weighted by atomic mass is 10.00. The molecule has 0 aliphatic carbocycles. The van der Waals surface area contributed by atoms with Gasteiger partial charge in [0.2, 0.25) is 0 Å². The Morgan fingerprint density at radius 2 is 1.05 bits per heavy atom. The van der Waals surface area contributed by atoms with Crippen LogP contribution in [0.25, 0.3) is 82.2 Å². The zero-order valence-corrected chi connectivity index (χ0v) is 22.1. The molecule has 2 heterocycles. The molecule has 0 aliphatic heterocycles. The molecule has 3 nitrogen and oxygen atoms in total. The monoisotopic (exact) mass is 521 g/mol. The van der Waals surface area contributed by atoms with Gasteiger partial charge in [-0.25, -0.2) is 9.97 Å². The van der Waals surface area contributed by atoms with Crippen LogP contribution < -0.4 is 0 Å². The number of hydrogen-bond donors (Lipinski definition) is 0. The lowest BCUT2D eigenvalue weighted by Crippen LogP contribution is -2.02. The maximum absolute atomic E-state index is 5.31. The molecule has 41 heavy (non-hydrogen) atoms. The molecule has 0 amide bonds. The number of nitrogens with zero attached hydrogens (tertiary/aromatic N) is 3. The van der Waals surface area contributed by atoms with Gasteiger partial charge in [-0.3, -0.25) is 4.57 Å². The summed E-state index contributed by atoms with van der Waals surface area (Å²) in [5.74, 6) is 1.62. The van der Waals surface area contributed by atoms with E-state index in [-0.39, 0.29) is 0 Å². The van der Waals surface area contributed by atoms with Crippen LogP contribution in [0.3, 0.4) is 0 Å². The summed E-state index contributed by atoms with van der Waals surface area (Å²) in [4.78, 5) is 10.4. The average molecular weight is 522 g/mol. The summed E-state index contributed by atoms with van der Waals surface area (Å²) in [6.07, 6.45) is 0. The van der Waals surface area contributed by atoms with E-state index in [4.69, 9.17) is 9.97 Å². The van der Waals surface area contributed by atoms with Crippen molar-refractivity contribution >= 4 is 65.0 Å². The van der Waals surface area contributed by atoms with Gasteiger partial charge in [-0.05, 0) is 68.7 Å². The summed E-state index contributed by atoms with van der Waals surface area (Å²) >= 11 is 0. The SMILES string of the molecule is c1ccc2cc3c(cc2c1)c1ccccc1n3-c1nc(-c2ccc3c(ccc4ccccc43)c2)nc2ccccc12. The number of para-hydroxylation sites is 2. The lowest BCUT2D eigenvalue weighted by molar-refractivity contribution is 1.08. The number of rotatable bonds is 2. The molecule has 2 aromatic heterocycles. The van der Waals surface area contributed by atoms with Crippen LogP contribution in [0.2, 0.25) is 0 Å². The predicted octanol–water partition coefficient (Wildman–Crippen LogP) is 9.85. The molecule has 7 aromatic carbocycles. The molecule has 0 atom stereocenters. The zero-order chi connectivity index (χ0) is 26.9. The molecule has 0 spiro atoms. The van der Waals surface area contributed by atoms with Gasteiger partial charge in [0.05, 0.1) is 16.6 Å². The van der Waals surface area contributed by atoms with E-state index in [9.17, 15) is 0 Å². The lowest BCUT2D eigenvalue weighted by Gasteiger charge is -2.13. The molecule has 0 fully saturated rings. The van der Waals surface area contributed by atoms with Crippen molar-refractivity contribution in [2.24, 2.45) is 0 Å². The second kappa shape index (κ2) is 8.48. The van der Waals surface area contributed by atoms with E-state index in [0.29, 0.717) is 0 Å². The fourth-order valence-electron chi connectivity index (χ4n) is 6.39. The van der Waals surface area contributed by atoms with Crippen LogP contribution in [0.1, 0.15) is 0 Å². The second-order valence-electron chi connectivity index (χ2n) is 10.7. The third-order valence-corrected chi connectivity index (χ3v) is 8.34. The van der Waals surface area contributed by atoms with Gasteiger partial charge in [0.25, 0.3) is 0 Å². The maximum Gasteiger partial charge on any atom is 0.162 e. The van der Waals surface area contributed by atoms with Crippen molar-refractivity contribution in [3.8, 4) is 17.2 Å². The fraction of sp³-hybridized carbons (Fsp3) is 0. The molecule has 0 N–H and O–H groups in total. The van der Waals surface area contributed by atoms with Crippen LogP contribution in [0.5, 0.6) is 0 Å². The van der Waals surface area contributed by atoms with Crippen molar-refractivity contribution in [2.75, 3.05) is 0 Å². The van der Waals surface area contributed by atoms with E-state index in [1.165, 1.54) is 43.1 Å². The van der Waals surface area contributed by atoms with Crippen LogP contribution in [0, 0.1) is 0 Å². The molecule has 3 heteroatoms. The summed E-state index contributed by atoms with van der Waals surface area (Å²) in [6.45, 7) is 0. The maximum atomic E-state index is 5.31. The quantitative estimate of drug-likeness (QED) is 0.212. The minimum Gasteiger partial charge on any atom is -0.293 e. The highest BCUT2D eigenvalue weighted by Crippen LogP contribution is 2.37. The Bertz CT molecular complexity index is 2490. The van der Waals surface area contributed by atoms with Crippen molar-refractivity contribution in [3.05, 3.63) is 140 Å². The summed E-state index contributed by atoms with van der Waals surface area (Å²) in [5.41, 5.74) is 4.21. The van der Waals surface area contributed by atoms with E-state index in [1.54, 1.807) is 0 Å². The Morgan fingerprint density at radius 3 is 1.93 bits per heavy atom. The van der Waals surface area contributed by atoms with Crippen molar-refractivity contribution in [1.29, 1.82) is 0 Å². The number of hydrogen-bond acceptors (Lipinski definition) is 2. The Labute approximate surface area is 235 Å². The van der Waals surface area contributed by atoms with E-state index >= 15 is 0 Å². The van der Waals surface area contributed by atoms with Crippen LogP contribution >= 0.6 is 0 Å². The first-order chi connectivity index (χ1) is 20.3. The molecule has 9 aromatic rings. The molecule has 190 valence electrons. The Morgan fingerprint density at radius 1 is 0.390 bits per heavy atom. The first-order valence-electron chi connectivity index (χ1n) is 13.9. The molecule has 9 rings (SSSR count). The van der Waals surface area contributed by atoms with E-state index < -0.39 is 0 Å². The molecule has 0 aliphatic rings. The molecular formula is C38H23N3. The molecule has 0 radical (unpaired) electrons. The fourth-order valence-corrected chi connectivity index (χ4v) is 6.39. The van der Waals surface area contributed by atoms with Gasteiger partial charge in [0, 0.05) is 21.7 Å². The van der Waals surface area contributed by atoms with Gasteiger partial charge in [0.15, 0.2) is 5.82 Å². The minimum absolute atomic E-state index is 0.723. The van der Waals surface area contributed by atoms with E-state index in [2.05, 4.69) is 144 Å².